The molecular weight excluding hydrogens is 368 g/mol. The van der Waals surface area contributed by atoms with Crippen molar-refractivity contribution in [3.8, 4) is 11.1 Å². The van der Waals surface area contributed by atoms with Gasteiger partial charge in [-0.1, -0.05) is 23.7 Å². The molecule has 0 aliphatic carbocycles. The molecule has 0 amide bonds. The van der Waals surface area contributed by atoms with Crippen LogP contribution in [0.3, 0.4) is 0 Å². The van der Waals surface area contributed by atoms with Gasteiger partial charge in [-0.3, -0.25) is 4.98 Å². The molecule has 7 heteroatoms. The van der Waals surface area contributed by atoms with Crippen LogP contribution in [0, 0.1) is 0 Å². The van der Waals surface area contributed by atoms with Gasteiger partial charge < -0.3 is 19.9 Å². The van der Waals surface area contributed by atoms with Crippen LogP contribution in [-0.4, -0.2) is 42.2 Å². The number of aromatic nitrogens is 1. The lowest BCUT2D eigenvalue weighted by Gasteiger charge is -2.09. The van der Waals surface area contributed by atoms with Crippen molar-refractivity contribution < 1.29 is 24.7 Å². The molecule has 0 bridgehead atoms. The van der Waals surface area contributed by atoms with Crippen LogP contribution in [0.5, 0.6) is 0 Å². The van der Waals surface area contributed by atoms with E-state index < -0.39 is 11.9 Å². The second-order valence-corrected chi connectivity index (χ2v) is 6.40. The second kappa shape index (κ2) is 13.5. The summed E-state index contributed by atoms with van der Waals surface area (Å²) in [5, 5.41) is 18.0. The number of carbonyl (C=O) groups excluding carboxylic acids is 1. The Balaban J connectivity index is 0.000000418. The Morgan fingerprint density at radius 1 is 1.04 bits per heavy atom. The monoisotopic (exact) mass is 392 g/mol. The number of carboxylic acid groups (broad SMARTS) is 2. The summed E-state index contributed by atoms with van der Waals surface area (Å²) >= 11 is 5.79. The van der Waals surface area contributed by atoms with Gasteiger partial charge in [-0.25, -0.2) is 4.79 Å². The molecule has 0 spiro atoms. The average molecular weight is 393 g/mol. The molecule has 2 rings (SSSR count). The number of aliphatic carboxylic acids is 2. The SMILES string of the molecule is CC(C)[NH+](C)C.Clc1ccc(-c2ccncc2)cc1.O=C([O-])/C=C\C(=O)O. The molecule has 0 saturated carbocycles. The summed E-state index contributed by atoms with van der Waals surface area (Å²) < 4.78 is 0. The highest BCUT2D eigenvalue weighted by Gasteiger charge is 1.95. The number of quaternary nitrogens is 1. The smallest absolute Gasteiger partial charge is 0.328 e. The molecule has 0 radical (unpaired) electrons. The van der Waals surface area contributed by atoms with E-state index in [4.69, 9.17) is 16.7 Å². The van der Waals surface area contributed by atoms with Gasteiger partial charge in [0.1, 0.15) is 0 Å². The fraction of sp³-hybridized carbons (Fsp3) is 0.250. The molecule has 0 aliphatic rings. The van der Waals surface area contributed by atoms with Crippen LogP contribution in [0.2, 0.25) is 5.02 Å². The van der Waals surface area contributed by atoms with Crippen LogP contribution in [0.1, 0.15) is 13.8 Å². The van der Waals surface area contributed by atoms with Gasteiger partial charge >= 0.3 is 5.97 Å². The molecule has 0 atom stereocenters. The first kappa shape index (κ1) is 24.3. The zero-order chi connectivity index (χ0) is 20.8. The fourth-order valence-electron chi connectivity index (χ4n) is 1.33. The van der Waals surface area contributed by atoms with E-state index in [1.807, 2.05) is 36.4 Å². The van der Waals surface area contributed by atoms with Gasteiger partial charge in [-0.15, -0.1) is 0 Å². The van der Waals surface area contributed by atoms with E-state index in [2.05, 4.69) is 32.9 Å². The van der Waals surface area contributed by atoms with Crippen LogP contribution in [0.25, 0.3) is 11.1 Å². The summed E-state index contributed by atoms with van der Waals surface area (Å²) in [6, 6.07) is 12.5. The molecule has 1 heterocycles. The maximum Gasteiger partial charge on any atom is 0.328 e. The van der Waals surface area contributed by atoms with Crippen molar-refractivity contribution in [2.75, 3.05) is 14.1 Å². The molecule has 6 nitrogen and oxygen atoms in total. The minimum Gasteiger partial charge on any atom is -0.545 e. The van der Waals surface area contributed by atoms with Crippen molar-refractivity contribution in [1.29, 1.82) is 0 Å². The zero-order valence-electron chi connectivity index (χ0n) is 15.8. The van der Waals surface area contributed by atoms with E-state index in [9.17, 15) is 14.7 Å². The highest BCUT2D eigenvalue weighted by Crippen LogP contribution is 2.20. The number of pyridine rings is 1. The first-order valence-corrected chi connectivity index (χ1v) is 8.59. The Bertz CT molecular complexity index is 693. The Labute approximate surface area is 164 Å². The summed E-state index contributed by atoms with van der Waals surface area (Å²) in [6.45, 7) is 4.41. The Morgan fingerprint density at radius 3 is 1.81 bits per heavy atom. The van der Waals surface area contributed by atoms with Crippen molar-refractivity contribution in [3.05, 3.63) is 66.0 Å². The molecular formula is C20H25ClN2O4. The molecule has 0 saturated heterocycles. The standard InChI is InChI=1S/C11H8ClN.C5H13N.C4H4O4/c12-11-3-1-9(2-4-11)10-5-7-13-8-6-10;1-5(2)6(3)4;5-3(6)1-2-4(7)8/h1-8H;5H,1-4H3;1-2H,(H,5,6)(H,7,8)/b;;2-1-. The first-order valence-electron chi connectivity index (χ1n) is 8.21. The lowest BCUT2D eigenvalue weighted by atomic mass is 10.1. The van der Waals surface area contributed by atoms with E-state index in [1.54, 1.807) is 12.4 Å². The van der Waals surface area contributed by atoms with E-state index in [1.165, 1.54) is 4.90 Å². The van der Waals surface area contributed by atoms with Gasteiger partial charge in [0.2, 0.25) is 0 Å². The highest BCUT2D eigenvalue weighted by atomic mass is 35.5. The normalized spacial score (nSPS) is 10.0. The van der Waals surface area contributed by atoms with Crippen LogP contribution in [-0.2, 0) is 9.59 Å². The topological polar surface area (TPSA) is 94.8 Å². The summed E-state index contributed by atoms with van der Waals surface area (Å²) in [7, 11) is 4.31. The molecule has 0 aliphatic heterocycles. The minimum absolute atomic E-state index is 0.447. The molecule has 146 valence electrons. The number of hydrogen-bond donors (Lipinski definition) is 2. The van der Waals surface area contributed by atoms with E-state index in [-0.39, 0.29) is 0 Å². The number of rotatable bonds is 4. The predicted molar refractivity (Wildman–Crippen MR) is 104 cm³/mol. The fourth-order valence-corrected chi connectivity index (χ4v) is 1.45. The van der Waals surface area contributed by atoms with Crippen molar-refractivity contribution in [1.82, 2.24) is 4.98 Å². The molecule has 27 heavy (non-hydrogen) atoms. The number of carbonyl (C=O) groups is 2. The van der Waals surface area contributed by atoms with Crippen molar-refractivity contribution in [2.45, 2.75) is 19.9 Å². The van der Waals surface area contributed by atoms with Crippen molar-refractivity contribution in [3.63, 3.8) is 0 Å². The third kappa shape index (κ3) is 13.2. The average Bonchev–Trinajstić information content (AvgIpc) is 2.62. The van der Waals surface area contributed by atoms with Crippen LogP contribution in [0.4, 0.5) is 0 Å². The number of hydrogen-bond acceptors (Lipinski definition) is 4. The van der Waals surface area contributed by atoms with E-state index in [0.717, 1.165) is 22.2 Å². The molecule has 1 aromatic carbocycles. The molecule has 1 aromatic heterocycles. The van der Waals surface area contributed by atoms with Gasteiger partial charge in [0.05, 0.1) is 26.1 Å². The number of nitrogens with one attached hydrogen (secondary N) is 1. The number of carboxylic acids is 2. The third-order valence-corrected chi connectivity index (χ3v) is 3.63. The van der Waals surface area contributed by atoms with E-state index in [0.29, 0.717) is 12.2 Å². The Kier molecular flexibility index (Phi) is 12.1. The number of halogens is 1. The van der Waals surface area contributed by atoms with Crippen LogP contribution < -0.4 is 10.0 Å². The maximum absolute atomic E-state index is 9.53. The van der Waals surface area contributed by atoms with Gasteiger partial charge in [-0.2, -0.15) is 0 Å². The largest absolute Gasteiger partial charge is 0.545 e. The maximum atomic E-state index is 9.53. The minimum atomic E-state index is -1.51. The summed E-state index contributed by atoms with van der Waals surface area (Å²) in [6.07, 6.45) is 4.51. The molecule has 2 N–H and O–H groups in total. The van der Waals surface area contributed by atoms with Crippen LogP contribution in [0.15, 0.2) is 60.9 Å². The lowest BCUT2D eigenvalue weighted by Crippen LogP contribution is -3.09. The lowest BCUT2D eigenvalue weighted by molar-refractivity contribution is -0.881. The highest BCUT2D eigenvalue weighted by molar-refractivity contribution is 6.30. The summed E-state index contributed by atoms with van der Waals surface area (Å²) in [4.78, 5) is 24.4. The third-order valence-electron chi connectivity index (χ3n) is 3.37. The molecule has 0 fully saturated rings. The van der Waals surface area contributed by atoms with E-state index >= 15 is 0 Å². The van der Waals surface area contributed by atoms with Gasteiger partial charge in [0.25, 0.3) is 0 Å². The van der Waals surface area contributed by atoms with Crippen molar-refractivity contribution >= 4 is 23.5 Å². The second-order valence-electron chi connectivity index (χ2n) is 5.97. The molecule has 0 unspecified atom stereocenters. The number of benzene rings is 1. The quantitative estimate of drug-likeness (QED) is 0.765. The summed E-state index contributed by atoms with van der Waals surface area (Å²) in [5.74, 6) is -2.80. The zero-order valence-corrected chi connectivity index (χ0v) is 16.6. The molecule has 2 aromatic rings. The summed E-state index contributed by atoms with van der Waals surface area (Å²) in [5.41, 5.74) is 2.32. The van der Waals surface area contributed by atoms with Gasteiger partial charge in [0.15, 0.2) is 0 Å². The van der Waals surface area contributed by atoms with Gasteiger partial charge in [-0.05, 0) is 55.3 Å². The first-order chi connectivity index (χ1) is 12.6. The van der Waals surface area contributed by atoms with Gasteiger partial charge in [0, 0.05) is 23.5 Å². The van der Waals surface area contributed by atoms with Crippen molar-refractivity contribution in [2.24, 2.45) is 0 Å². The predicted octanol–water partition coefficient (Wildman–Crippen LogP) is 1.32. The van der Waals surface area contributed by atoms with Crippen LogP contribution >= 0.6 is 11.6 Å². The Hall–Kier alpha value is -2.70. The number of nitrogens with zero attached hydrogens (tertiary/aromatic N) is 1. The Morgan fingerprint density at radius 2 is 1.48 bits per heavy atom.